The quantitative estimate of drug-likeness (QED) is 0.803. The third kappa shape index (κ3) is 2.48. The molecule has 2 heterocycles. The van der Waals surface area contributed by atoms with E-state index in [-0.39, 0.29) is 5.82 Å². The van der Waals surface area contributed by atoms with Crippen LogP contribution in [0.5, 0.6) is 0 Å². The van der Waals surface area contributed by atoms with Crippen molar-refractivity contribution in [2.24, 2.45) is 0 Å². The maximum absolute atomic E-state index is 13.3. The first-order valence-corrected chi connectivity index (χ1v) is 7.00. The van der Waals surface area contributed by atoms with Crippen LogP contribution in [-0.2, 0) is 17.8 Å². The van der Waals surface area contributed by atoms with Gasteiger partial charge in [-0.2, -0.15) is 0 Å². The van der Waals surface area contributed by atoms with Gasteiger partial charge in [-0.15, -0.1) is 0 Å². The predicted molar refractivity (Wildman–Crippen MR) is 75.9 cm³/mol. The number of H-pyrrole nitrogens is 1. The van der Waals surface area contributed by atoms with Crippen LogP contribution >= 0.6 is 28.1 Å². The number of rotatable bonds is 1. The fraction of sp³-hybridized carbons (Fsp3) is 0.231. The maximum Gasteiger partial charge on any atom is 0.139 e. The Balaban J connectivity index is 2.12. The summed E-state index contributed by atoms with van der Waals surface area (Å²) in [4.78, 5) is 7.63. The number of halogens is 2. The molecule has 19 heavy (non-hydrogen) atoms. The van der Waals surface area contributed by atoms with Crippen molar-refractivity contribution in [1.29, 1.82) is 0 Å². The van der Waals surface area contributed by atoms with E-state index in [0.29, 0.717) is 28.2 Å². The molecule has 0 aliphatic carbocycles. The van der Waals surface area contributed by atoms with Crippen LogP contribution in [0.15, 0.2) is 22.7 Å². The van der Waals surface area contributed by atoms with E-state index in [4.69, 9.17) is 17.0 Å². The lowest BCUT2D eigenvalue weighted by molar-refractivity contribution is 0.108. The molecule has 0 bridgehead atoms. The Morgan fingerprint density at radius 1 is 1.42 bits per heavy atom. The first-order chi connectivity index (χ1) is 9.15. The van der Waals surface area contributed by atoms with Gasteiger partial charge in [-0.25, -0.2) is 9.37 Å². The van der Waals surface area contributed by atoms with E-state index >= 15 is 0 Å². The molecule has 0 atom stereocenters. The molecule has 3 nitrogen and oxygen atoms in total. The van der Waals surface area contributed by atoms with E-state index in [0.717, 1.165) is 23.2 Å². The Morgan fingerprint density at radius 3 is 3.05 bits per heavy atom. The molecule has 3 rings (SSSR count). The summed E-state index contributed by atoms with van der Waals surface area (Å²) >= 11 is 8.46. The number of nitrogens with zero attached hydrogens (tertiary/aromatic N) is 1. The molecule has 0 unspecified atom stereocenters. The summed E-state index contributed by atoms with van der Waals surface area (Å²) in [5, 5.41) is 0. The number of nitrogens with one attached hydrogen (secondary N) is 1. The first kappa shape index (κ1) is 12.9. The van der Waals surface area contributed by atoms with Gasteiger partial charge in [0.15, 0.2) is 0 Å². The van der Waals surface area contributed by atoms with Crippen LogP contribution in [0.3, 0.4) is 0 Å². The molecule has 1 aromatic heterocycles. The van der Waals surface area contributed by atoms with E-state index in [9.17, 15) is 4.39 Å². The fourth-order valence-corrected chi connectivity index (χ4v) is 2.69. The second kappa shape index (κ2) is 5.11. The van der Waals surface area contributed by atoms with Crippen molar-refractivity contribution < 1.29 is 9.13 Å². The standard InChI is InChI=1S/C13H10BrFN2OS/c14-9-5-7(1-2-10(9)15)12-16-11-3-4-18-6-8(11)13(19)17-12/h1-2,5H,3-4,6H2,(H,16,17,19). The molecule has 1 aliphatic rings. The zero-order valence-electron chi connectivity index (χ0n) is 9.87. The molecule has 0 amide bonds. The normalized spacial score (nSPS) is 14.2. The average Bonchev–Trinajstić information content (AvgIpc) is 2.42. The monoisotopic (exact) mass is 340 g/mol. The summed E-state index contributed by atoms with van der Waals surface area (Å²) in [5.41, 5.74) is 2.81. The zero-order valence-corrected chi connectivity index (χ0v) is 12.3. The van der Waals surface area contributed by atoms with E-state index < -0.39 is 0 Å². The Bertz CT molecular complexity index is 702. The summed E-state index contributed by atoms with van der Waals surface area (Å²) in [6.07, 6.45) is 0.789. The third-order valence-corrected chi connectivity index (χ3v) is 3.99. The van der Waals surface area contributed by atoms with Gasteiger partial charge in [-0.3, -0.25) is 0 Å². The first-order valence-electron chi connectivity index (χ1n) is 5.80. The molecule has 0 spiro atoms. The van der Waals surface area contributed by atoms with E-state index in [1.54, 1.807) is 12.1 Å². The van der Waals surface area contributed by atoms with E-state index in [2.05, 4.69) is 25.9 Å². The molecular weight excluding hydrogens is 331 g/mol. The van der Waals surface area contributed by atoms with Gasteiger partial charge < -0.3 is 9.72 Å². The summed E-state index contributed by atoms with van der Waals surface area (Å²) in [5.74, 6) is 0.361. The van der Waals surface area contributed by atoms with Crippen LogP contribution in [0.4, 0.5) is 4.39 Å². The van der Waals surface area contributed by atoms with Crippen molar-refractivity contribution in [3.05, 3.63) is 44.4 Å². The van der Waals surface area contributed by atoms with Crippen molar-refractivity contribution in [3.8, 4) is 11.4 Å². The second-order valence-electron chi connectivity index (χ2n) is 4.28. The van der Waals surface area contributed by atoms with Crippen LogP contribution in [0.25, 0.3) is 11.4 Å². The predicted octanol–water partition coefficient (Wildman–Crippen LogP) is 3.78. The Labute approximate surface area is 123 Å². The van der Waals surface area contributed by atoms with Crippen molar-refractivity contribution in [2.45, 2.75) is 13.0 Å². The second-order valence-corrected chi connectivity index (χ2v) is 5.52. The number of aromatic amines is 1. The van der Waals surface area contributed by atoms with Gasteiger partial charge in [-0.05, 0) is 34.1 Å². The summed E-state index contributed by atoms with van der Waals surface area (Å²) in [7, 11) is 0. The molecule has 0 saturated carbocycles. The van der Waals surface area contributed by atoms with Gasteiger partial charge in [-0.1, -0.05) is 12.2 Å². The zero-order chi connectivity index (χ0) is 13.4. The van der Waals surface area contributed by atoms with Crippen molar-refractivity contribution in [3.63, 3.8) is 0 Å². The van der Waals surface area contributed by atoms with Gasteiger partial charge in [0.25, 0.3) is 0 Å². The molecule has 6 heteroatoms. The molecule has 0 radical (unpaired) electrons. The number of ether oxygens (including phenoxy) is 1. The van der Waals surface area contributed by atoms with Gasteiger partial charge in [0, 0.05) is 23.2 Å². The average molecular weight is 341 g/mol. The smallest absolute Gasteiger partial charge is 0.139 e. The lowest BCUT2D eigenvalue weighted by Gasteiger charge is -2.17. The molecule has 0 saturated heterocycles. The lowest BCUT2D eigenvalue weighted by atomic mass is 10.1. The molecule has 98 valence electrons. The third-order valence-electron chi connectivity index (χ3n) is 3.04. The van der Waals surface area contributed by atoms with E-state index in [1.807, 2.05) is 0 Å². The van der Waals surface area contributed by atoms with Crippen LogP contribution in [0.1, 0.15) is 11.3 Å². The number of aromatic nitrogens is 2. The minimum Gasteiger partial charge on any atom is -0.376 e. The summed E-state index contributed by atoms with van der Waals surface area (Å²) in [6, 6.07) is 4.77. The number of benzene rings is 1. The molecular formula is C13H10BrFN2OS. The molecule has 1 N–H and O–H groups in total. The molecule has 0 fully saturated rings. The van der Waals surface area contributed by atoms with Crippen LogP contribution in [-0.4, -0.2) is 16.6 Å². The topological polar surface area (TPSA) is 37.9 Å². The van der Waals surface area contributed by atoms with Crippen LogP contribution in [0, 0.1) is 10.5 Å². The van der Waals surface area contributed by atoms with Crippen LogP contribution < -0.4 is 0 Å². The number of fused-ring (bicyclic) bond motifs is 1. The van der Waals surface area contributed by atoms with Gasteiger partial charge in [0.1, 0.15) is 16.3 Å². The summed E-state index contributed by atoms with van der Waals surface area (Å²) < 4.78 is 19.6. The van der Waals surface area contributed by atoms with Crippen molar-refractivity contribution in [2.75, 3.05) is 6.61 Å². The SMILES string of the molecule is Fc1ccc(-c2nc(=S)c3c([nH]2)CCOC3)cc1Br. The number of hydrogen-bond donors (Lipinski definition) is 1. The minimum absolute atomic E-state index is 0.297. The lowest BCUT2D eigenvalue weighted by Crippen LogP contribution is -2.14. The highest BCUT2D eigenvalue weighted by atomic mass is 79.9. The maximum atomic E-state index is 13.3. The molecule has 1 aromatic carbocycles. The highest BCUT2D eigenvalue weighted by Gasteiger charge is 2.14. The van der Waals surface area contributed by atoms with Gasteiger partial charge in [0.2, 0.25) is 0 Å². The van der Waals surface area contributed by atoms with Crippen LogP contribution in [0.2, 0.25) is 0 Å². The number of hydrogen-bond acceptors (Lipinski definition) is 3. The van der Waals surface area contributed by atoms with E-state index in [1.165, 1.54) is 6.07 Å². The van der Waals surface area contributed by atoms with Gasteiger partial charge >= 0.3 is 0 Å². The minimum atomic E-state index is -0.297. The highest BCUT2D eigenvalue weighted by Crippen LogP contribution is 2.25. The largest absolute Gasteiger partial charge is 0.376 e. The summed E-state index contributed by atoms with van der Waals surface area (Å²) in [6.45, 7) is 1.18. The van der Waals surface area contributed by atoms with Gasteiger partial charge in [0.05, 0.1) is 17.7 Å². The molecule has 2 aromatic rings. The van der Waals surface area contributed by atoms with Crippen molar-refractivity contribution >= 4 is 28.1 Å². The molecule has 1 aliphatic heterocycles. The Hall–Kier alpha value is -1.11. The fourth-order valence-electron chi connectivity index (χ4n) is 2.04. The highest BCUT2D eigenvalue weighted by molar-refractivity contribution is 9.10. The Kier molecular flexibility index (Phi) is 3.47. The Morgan fingerprint density at radius 2 is 2.26 bits per heavy atom. The van der Waals surface area contributed by atoms with Crippen molar-refractivity contribution in [1.82, 2.24) is 9.97 Å².